The van der Waals surface area contributed by atoms with E-state index in [9.17, 15) is 14.4 Å². The molecule has 158 valence electrons. The van der Waals surface area contributed by atoms with Crippen LogP contribution in [-0.2, 0) is 20.8 Å². The molecular formula is C23H33N3O3. The molecule has 2 fully saturated rings. The van der Waals surface area contributed by atoms with Crippen LogP contribution in [-0.4, -0.2) is 59.7 Å². The molecule has 3 rings (SSSR count). The molecule has 2 heterocycles. The Hall–Kier alpha value is -2.37. The Morgan fingerprint density at radius 3 is 2.41 bits per heavy atom. The van der Waals surface area contributed by atoms with Crippen molar-refractivity contribution in [1.82, 2.24) is 15.1 Å². The molecule has 2 saturated heterocycles. The number of aryl methyl sites for hydroxylation is 1. The van der Waals surface area contributed by atoms with E-state index in [0.29, 0.717) is 32.5 Å². The molecule has 0 spiro atoms. The van der Waals surface area contributed by atoms with E-state index >= 15 is 0 Å². The van der Waals surface area contributed by atoms with Crippen LogP contribution in [0.3, 0.4) is 0 Å². The summed E-state index contributed by atoms with van der Waals surface area (Å²) in [5, 5.41) is 3.13. The highest BCUT2D eigenvalue weighted by atomic mass is 16.2. The Bertz CT molecular complexity index is 699. The van der Waals surface area contributed by atoms with Gasteiger partial charge in [0.25, 0.3) is 0 Å². The Morgan fingerprint density at radius 2 is 1.72 bits per heavy atom. The number of piperidine rings is 2. The van der Waals surface area contributed by atoms with Crippen molar-refractivity contribution in [2.24, 2.45) is 5.92 Å². The van der Waals surface area contributed by atoms with Crippen molar-refractivity contribution >= 4 is 17.7 Å². The van der Waals surface area contributed by atoms with Crippen LogP contribution in [0, 0.1) is 5.92 Å². The van der Waals surface area contributed by atoms with Crippen LogP contribution in [0.25, 0.3) is 0 Å². The number of benzene rings is 1. The summed E-state index contributed by atoms with van der Waals surface area (Å²) in [5.74, 6) is 0.322. The van der Waals surface area contributed by atoms with Gasteiger partial charge in [-0.15, -0.1) is 0 Å². The molecule has 0 radical (unpaired) electrons. The molecule has 0 aliphatic carbocycles. The highest BCUT2D eigenvalue weighted by Crippen LogP contribution is 2.22. The quantitative estimate of drug-likeness (QED) is 0.798. The number of hydrogen-bond donors (Lipinski definition) is 1. The molecule has 2 aliphatic rings. The predicted octanol–water partition coefficient (Wildman–Crippen LogP) is 2.38. The monoisotopic (exact) mass is 399 g/mol. The van der Waals surface area contributed by atoms with Gasteiger partial charge in [0.05, 0.1) is 5.92 Å². The Kier molecular flexibility index (Phi) is 7.67. The maximum absolute atomic E-state index is 12.9. The first kappa shape index (κ1) is 21.3. The standard InChI is InChI=1S/C23H33N3O3/c1-2-22(28)26-14-6-9-19(17-26)23(29)25-15-12-20(13-16-25)24-21(27)11-10-18-7-4-3-5-8-18/h3-5,7-8,19-20H,2,6,9-17H2,1H3,(H,24,27). The lowest BCUT2D eigenvalue weighted by molar-refractivity contribution is -0.141. The minimum Gasteiger partial charge on any atom is -0.353 e. The number of hydrogen-bond acceptors (Lipinski definition) is 3. The summed E-state index contributed by atoms with van der Waals surface area (Å²) in [6.45, 7) is 4.56. The first-order valence-corrected chi connectivity index (χ1v) is 11.0. The maximum atomic E-state index is 12.9. The topological polar surface area (TPSA) is 69.7 Å². The number of rotatable bonds is 6. The maximum Gasteiger partial charge on any atom is 0.227 e. The van der Waals surface area contributed by atoms with E-state index in [1.54, 1.807) is 0 Å². The van der Waals surface area contributed by atoms with E-state index in [-0.39, 0.29) is 29.7 Å². The van der Waals surface area contributed by atoms with E-state index < -0.39 is 0 Å². The summed E-state index contributed by atoms with van der Waals surface area (Å²) in [7, 11) is 0. The van der Waals surface area contributed by atoms with Gasteiger partial charge in [0.2, 0.25) is 17.7 Å². The second-order valence-electron chi connectivity index (χ2n) is 8.19. The Labute approximate surface area is 173 Å². The van der Waals surface area contributed by atoms with E-state index in [0.717, 1.165) is 38.6 Å². The molecule has 0 saturated carbocycles. The first-order chi connectivity index (χ1) is 14.1. The number of nitrogens with zero attached hydrogens (tertiary/aromatic N) is 2. The summed E-state index contributed by atoms with van der Waals surface area (Å²) in [5.41, 5.74) is 1.17. The van der Waals surface area contributed by atoms with Crippen molar-refractivity contribution < 1.29 is 14.4 Å². The van der Waals surface area contributed by atoms with Gasteiger partial charge in [-0.05, 0) is 37.7 Å². The van der Waals surface area contributed by atoms with Crippen molar-refractivity contribution in [3.63, 3.8) is 0 Å². The smallest absolute Gasteiger partial charge is 0.227 e. The highest BCUT2D eigenvalue weighted by molar-refractivity contribution is 5.81. The van der Waals surface area contributed by atoms with Gasteiger partial charge in [0.15, 0.2) is 0 Å². The van der Waals surface area contributed by atoms with Gasteiger partial charge in [-0.25, -0.2) is 0 Å². The van der Waals surface area contributed by atoms with Crippen LogP contribution in [0.4, 0.5) is 0 Å². The largest absolute Gasteiger partial charge is 0.353 e. The van der Waals surface area contributed by atoms with Crippen LogP contribution in [0.1, 0.15) is 51.0 Å². The second-order valence-corrected chi connectivity index (χ2v) is 8.19. The molecular weight excluding hydrogens is 366 g/mol. The summed E-state index contributed by atoms with van der Waals surface area (Å²) in [6.07, 6.45) is 5.10. The molecule has 6 heteroatoms. The number of nitrogens with one attached hydrogen (secondary N) is 1. The molecule has 1 aromatic carbocycles. The van der Waals surface area contributed by atoms with Gasteiger partial charge in [0, 0.05) is 45.1 Å². The molecule has 3 amide bonds. The molecule has 6 nitrogen and oxygen atoms in total. The van der Waals surface area contributed by atoms with E-state index in [1.165, 1.54) is 5.56 Å². The van der Waals surface area contributed by atoms with Crippen molar-refractivity contribution in [3.8, 4) is 0 Å². The fourth-order valence-corrected chi connectivity index (χ4v) is 4.33. The van der Waals surface area contributed by atoms with E-state index in [1.807, 2.05) is 47.1 Å². The minimum absolute atomic E-state index is 0.0729. The molecule has 0 aromatic heterocycles. The third-order valence-electron chi connectivity index (χ3n) is 6.08. The predicted molar refractivity (Wildman–Crippen MR) is 112 cm³/mol. The second kappa shape index (κ2) is 10.4. The zero-order valence-electron chi connectivity index (χ0n) is 17.4. The van der Waals surface area contributed by atoms with Crippen LogP contribution in [0.15, 0.2) is 30.3 Å². The van der Waals surface area contributed by atoms with Crippen LogP contribution in [0.2, 0.25) is 0 Å². The van der Waals surface area contributed by atoms with Crippen molar-refractivity contribution in [2.45, 2.75) is 57.9 Å². The summed E-state index contributed by atoms with van der Waals surface area (Å²) >= 11 is 0. The Morgan fingerprint density at radius 1 is 1.00 bits per heavy atom. The van der Waals surface area contributed by atoms with Gasteiger partial charge in [-0.3, -0.25) is 14.4 Å². The average molecular weight is 400 g/mol. The van der Waals surface area contributed by atoms with Gasteiger partial charge in [0.1, 0.15) is 0 Å². The van der Waals surface area contributed by atoms with Crippen molar-refractivity contribution in [2.75, 3.05) is 26.2 Å². The lowest BCUT2D eigenvalue weighted by Gasteiger charge is -2.38. The summed E-state index contributed by atoms with van der Waals surface area (Å²) in [4.78, 5) is 40.9. The summed E-state index contributed by atoms with van der Waals surface area (Å²) in [6, 6.07) is 10.2. The fourth-order valence-electron chi connectivity index (χ4n) is 4.33. The zero-order chi connectivity index (χ0) is 20.6. The first-order valence-electron chi connectivity index (χ1n) is 11.0. The fraction of sp³-hybridized carbons (Fsp3) is 0.609. The van der Waals surface area contributed by atoms with Crippen LogP contribution >= 0.6 is 0 Å². The zero-order valence-corrected chi connectivity index (χ0v) is 17.4. The van der Waals surface area contributed by atoms with Gasteiger partial charge >= 0.3 is 0 Å². The molecule has 1 atom stereocenters. The van der Waals surface area contributed by atoms with Crippen LogP contribution in [0.5, 0.6) is 0 Å². The number of likely N-dealkylation sites (tertiary alicyclic amines) is 2. The molecule has 1 N–H and O–H groups in total. The lowest BCUT2D eigenvalue weighted by Crippen LogP contribution is -2.51. The molecule has 29 heavy (non-hydrogen) atoms. The molecule has 1 unspecified atom stereocenters. The number of amides is 3. The Balaban J connectivity index is 1.40. The van der Waals surface area contributed by atoms with Crippen molar-refractivity contribution in [3.05, 3.63) is 35.9 Å². The number of carbonyl (C=O) groups excluding carboxylic acids is 3. The molecule has 2 aliphatic heterocycles. The lowest BCUT2D eigenvalue weighted by atomic mass is 9.94. The van der Waals surface area contributed by atoms with Gasteiger partial charge < -0.3 is 15.1 Å². The number of carbonyl (C=O) groups is 3. The minimum atomic E-state index is -0.0729. The molecule has 1 aromatic rings. The third kappa shape index (κ3) is 6.05. The van der Waals surface area contributed by atoms with Gasteiger partial charge in [-0.1, -0.05) is 37.3 Å². The highest BCUT2D eigenvalue weighted by Gasteiger charge is 2.32. The van der Waals surface area contributed by atoms with E-state index in [2.05, 4.69) is 5.32 Å². The third-order valence-corrected chi connectivity index (χ3v) is 6.08. The van der Waals surface area contributed by atoms with Gasteiger partial charge in [-0.2, -0.15) is 0 Å². The SMILES string of the molecule is CCC(=O)N1CCCC(C(=O)N2CCC(NC(=O)CCc3ccccc3)CC2)C1. The van der Waals surface area contributed by atoms with E-state index in [4.69, 9.17) is 0 Å². The normalized spacial score (nSPS) is 20.4. The van der Waals surface area contributed by atoms with Crippen LogP contribution < -0.4 is 5.32 Å². The average Bonchev–Trinajstić information content (AvgIpc) is 2.78. The van der Waals surface area contributed by atoms with Crippen molar-refractivity contribution in [1.29, 1.82) is 0 Å². The molecule has 0 bridgehead atoms. The summed E-state index contributed by atoms with van der Waals surface area (Å²) < 4.78 is 0.